The molecule has 0 bridgehead atoms. The van der Waals surface area contributed by atoms with Crippen molar-refractivity contribution in [2.45, 2.75) is 9.92 Å². The van der Waals surface area contributed by atoms with Crippen LogP contribution >= 0.6 is 27.7 Å². The predicted molar refractivity (Wildman–Crippen MR) is 67.3 cm³/mol. The third-order valence-electron chi connectivity index (χ3n) is 1.95. The molecule has 0 aliphatic rings. The maximum absolute atomic E-state index is 11.0. The number of carbonyl (C=O) groups is 1. The van der Waals surface area contributed by atoms with Gasteiger partial charge in [-0.2, -0.15) is 0 Å². The van der Waals surface area contributed by atoms with Gasteiger partial charge in [-0.3, -0.25) is 4.98 Å². The van der Waals surface area contributed by atoms with E-state index in [0.717, 1.165) is 4.47 Å². The summed E-state index contributed by atoms with van der Waals surface area (Å²) in [4.78, 5) is 19.7. The van der Waals surface area contributed by atoms with E-state index in [4.69, 9.17) is 5.11 Å². The summed E-state index contributed by atoms with van der Waals surface area (Å²) in [6, 6.07) is 5.13. The summed E-state index contributed by atoms with van der Waals surface area (Å²) in [5.74, 6) is -0.970. The van der Waals surface area contributed by atoms with Gasteiger partial charge in [0.15, 0.2) is 0 Å². The lowest BCUT2D eigenvalue weighted by atomic mass is 10.3. The van der Waals surface area contributed by atoms with Gasteiger partial charge in [0.25, 0.3) is 0 Å². The molecular formula is C11H7BrN2O2S. The van der Waals surface area contributed by atoms with Gasteiger partial charge in [0, 0.05) is 23.5 Å². The molecule has 0 fully saturated rings. The van der Waals surface area contributed by atoms with E-state index in [1.807, 2.05) is 6.07 Å². The summed E-state index contributed by atoms with van der Waals surface area (Å²) in [5.41, 5.74) is 0.225. The zero-order chi connectivity index (χ0) is 12.3. The summed E-state index contributed by atoms with van der Waals surface area (Å²) >= 11 is 4.63. The molecule has 0 aromatic carbocycles. The van der Waals surface area contributed by atoms with Crippen molar-refractivity contribution >= 4 is 33.7 Å². The molecule has 4 nitrogen and oxygen atoms in total. The molecule has 17 heavy (non-hydrogen) atoms. The van der Waals surface area contributed by atoms with Crippen molar-refractivity contribution in [2.24, 2.45) is 0 Å². The fourth-order valence-electron chi connectivity index (χ4n) is 1.19. The molecule has 0 radical (unpaired) electrons. The molecule has 0 saturated carbocycles. The van der Waals surface area contributed by atoms with E-state index < -0.39 is 5.97 Å². The molecule has 0 aliphatic heterocycles. The second-order valence-electron chi connectivity index (χ2n) is 3.07. The Balaban J connectivity index is 2.37. The van der Waals surface area contributed by atoms with E-state index in [9.17, 15) is 4.79 Å². The molecule has 2 aromatic heterocycles. The Kier molecular flexibility index (Phi) is 3.75. The first-order chi connectivity index (χ1) is 8.18. The van der Waals surface area contributed by atoms with Crippen LogP contribution in [0.2, 0.25) is 0 Å². The van der Waals surface area contributed by atoms with Gasteiger partial charge in [-0.15, -0.1) is 0 Å². The van der Waals surface area contributed by atoms with Crippen molar-refractivity contribution in [1.29, 1.82) is 0 Å². The van der Waals surface area contributed by atoms with Crippen LogP contribution in [0.1, 0.15) is 10.4 Å². The van der Waals surface area contributed by atoms with E-state index >= 15 is 0 Å². The van der Waals surface area contributed by atoms with Gasteiger partial charge < -0.3 is 5.11 Å². The number of nitrogens with zero attached hydrogens (tertiary/aromatic N) is 2. The van der Waals surface area contributed by atoms with E-state index in [-0.39, 0.29) is 5.56 Å². The second-order valence-corrected chi connectivity index (χ2v) is 4.95. The Morgan fingerprint density at radius 3 is 2.88 bits per heavy atom. The van der Waals surface area contributed by atoms with Crippen LogP contribution < -0.4 is 0 Å². The number of pyridine rings is 2. The number of hydrogen-bond donors (Lipinski definition) is 1. The molecule has 0 saturated heterocycles. The van der Waals surface area contributed by atoms with Gasteiger partial charge in [-0.05, 0) is 34.1 Å². The highest BCUT2D eigenvalue weighted by Crippen LogP contribution is 2.32. The highest BCUT2D eigenvalue weighted by atomic mass is 79.9. The van der Waals surface area contributed by atoms with E-state index in [1.165, 1.54) is 30.2 Å². The van der Waals surface area contributed by atoms with E-state index in [2.05, 4.69) is 25.9 Å². The van der Waals surface area contributed by atoms with Gasteiger partial charge in [0.05, 0.1) is 10.0 Å². The number of carboxylic acids is 1. The molecule has 2 rings (SSSR count). The van der Waals surface area contributed by atoms with Crippen LogP contribution in [-0.4, -0.2) is 21.0 Å². The van der Waals surface area contributed by atoms with Crippen molar-refractivity contribution in [3.05, 3.63) is 46.8 Å². The van der Waals surface area contributed by atoms with Crippen molar-refractivity contribution in [3.8, 4) is 0 Å². The van der Waals surface area contributed by atoms with Crippen LogP contribution in [0.5, 0.6) is 0 Å². The quantitative estimate of drug-likeness (QED) is 0.944. The highest BCUT2D eigenvalue weighted by molar-refractivity contribution is 9.10. The third-order valence-corrected chi connectivity index (χ3v) is 3.91. The summed E-state index contributed by atoms with van der Waals surface area (Å²) in [7, 11) is 0. The maximum Gasteiger partial charge on any atom is 0.336 e. The minimum atomic E-state index is -0.970. The van der Waals surface area contributed by atoms with Crippen LogP contribution in [-0.2, 0) is 0 Å². The smallest absolute Gasteiger partial charge is 0.336 e. The van der Waals surface area contributed by atoms with Crippen LogP contribution in [0, 0.1) is 0 Å². The summed E-state index contributed by atoms with van der Waals surface area (Å²) in [5, 5.41) is 9.75. The Hall–Kier alpha value is -1.40. The molecule has 0 aliphatic carbocycles. The number of aromatic carboxylic acids is 1. The number of rotatable bonds is 3. The molecule has 0 atom stereocenters. The molecular weight excluding hydrogens is 304 g/mol. The Labute approximate surface area is 110 Å². The average molecular weight is 311 g/mol. The standard InChI is InChI=1S/C11H7BrN2O2S/c12-8-2-1-4-14-10(8)17-9-6-13-5-3-7(9)11(15)16/h1-6H,(H,15,16). The summed E-state index contributed by atoms with van der Waals surface area (Å²) < 4.78 is 0.824. The van der Waals surface area contributed by atoms with E-state index in [0.29, 0.717) is 9.92 Å². The molecule has 86 valence electrons. The number of carboxylic acid groups (broad SMARTS) is 1. The lowest BCUT2D eigenvalue weighted by Crippen LogP contribution is -1.99. The number of aromatic nitrogens is 2. The molecule has 2 aromatic rings. The number of hydrogen-bond acceptors (Lipinski definition) is 4. The minimum absolute atomic E-state index is 0.225. The molecule has 2 heterocycles. The largest absolute Gasteiger partial charge is 0.478 e. The molecule has 0 amide bonds. The van der Waals surface area contributed by atoms with Crippen LogP contribution in [0.4, 0.5) is 0 Å². The fraction of sp³-hybridized carbons (Fsp3) is 0. The van der Waals surface area contributed by atoms with Gasteiger partial charge in [0.2, 0.25) is 0 Å². The van der Waals surface area contributed by atoms with Gasteiger partial charge in [-0.25, -0.2) is 9.78 Å². The first kappa shape index (κ1) is 12.1. The van der Waals surface area contributed by atoms with Gasteiger partial charge in [-0.1, -0.05) is 11.8 Å². The maximum atomic E-state index is 11.0. The highest BCUT2D eigenvalue weighted by Gasteiger charge is 2.12. The Morgan fingerprint density at radius 2 is 2.18 bits per heavy atom. The zero-order valence-corrected chi connectivity index (χ0v) is 10.9. The van der Waals surface area contributed by atoms with Gasteiger partial charge >= 0.3 is 5.97 Å². The Morgan fingerprint density at radius 1 is 1.35 bits per heavy atom. The monoisotopic (exact) mass is 310 g/mol. The topological polar surface area (TPSA) is 63.1 Å². The average Bonchev–Trinajstić information content (AvgIpc) is 2.32. The molecule has 0 unspecified atom stereocenters. The second kappa shape index (κ2) is 5.29. The van der Waals surface area contributed by atoms with Crippen molar-refractivity contribution in [3.63, 3.8) is 0 Å². The van der Waals surface area contributed by atoms with Crippen LogP contribution in [0.3, 0.4) is 0 Å². The van der Waals surface area contributed by atoms with Crippen molar-refractivity contribution in [2.75, 3.05) is 0 Å². The lowest BCUT2D eigenvalue weighted by molar-refractivity contribution is 0.0693. The summed E-state index contributed by atoms with van der Waals surface area (Å²) in [6.45, 7) is 0. The third kappa shape index (κ3) is 2.83. The fourth-order valence-corrected chi connectivity index (χ4v) is 2.55. The Bertz CT molecular complexity index is 563. The van der Waals surface area contributed by atoms with Crippen LogP contribution in [0.15, 0.2) is 51.2 Å². The first-order valence-corrected chi connectivity index (χ1v) is 6.25. The summed E-state index contributed by atoms with van der Waals surface area (Å²) in [6.07, 6.45) is 4.64. The molecule has 0 spiro atoms. The normalized spacial score (nSPS) is 10.2. The van der Waals surface area contributed by atoms with Crippen LogP contribution in [0.25, 0.3) is 0 Å². The SMILES string of the molecule is O=C(O)c1ccncc1Sc1ncccc1Br. The van der Waals surface area contributed by atoms with Gasteiger partial charge in [0.1, 0.15) is 5.03 Å². The lowest BCUT2D eigenvalue weighted by Gasteiger charge is -2.05. The first-order valence-electron chi connectivity index (χ1n) is 4.64. The number of halogens is 1. The minimum Gasteiger partial charge on any atom is -0.478 e. The molecule has 6 heteroatoms. The van der Waals surface area contributed by atoms with E-state index in [1.54, 1.807) is 12.3 Å². The zero-order valence-electron chi connectivity index (χ0n) is 8.50. The van der Waals surface area contributed by atoms with Crippen molar-refractivity contribution < 1.29 is 9.90 Å². The van der Waals surface area contributed by atoms with Crippen molar-refractivity contribution in [1.82, 2.24) is 9.97 Å². The molecule has 1 N–H and O–H groups in total. The predicted octanol–water partition coefficient (Wildman–Crippen LogP) is 3.09.